The van der Waals surface area contributed by atoms with Crippen molar-refractivity contribution in [3.05, 3.63) is 89.4 Å². The molecule has 0 atom stereocenters. The molecule has 7 nitrogen and oxygen atoms in total. The van der Waals surface area contributed by atoms with Crippen LogP contribution in [0.4, 0.5) is 0 Å². The molecule has 2 aromatic carbocycles. The number of thiophene rings is 1. The Morgan fingerprint density at radius 1 is 0.788 bits per heavy atom. The number of carbonyl (C=O) groups excluding carboxylic acids is 2. The van der Waals surface area contributed by atoms with Crippen LogP contribution in [0.3, 0.4) is 0 Å². The molecule has 3 heterocycles. The Kier molecular flexibility index (Phi) is 5.66. The van der Waals surface area contributed by atoms with Gasteiger partial charge in [-0.3, -0.25) is 9.59 Å². The first-order chi connectivity index (χ1) is 16.1. The smallest absolute Gasteiger partial charge is 0.257 e. The van der Waals surface area contributed by atoms with Gasteiger partial charge in [0, 0.05) is 32.4 Å². The zero-order valence-electron chi connectivity index (χ0n) is 17.8. The van der Waals surface area contributed by atoms with Crippen molar-refractivity contribution in [3.8, 4) is 22.0 Å². The van der Waals surface area contributed by atoms with Crippen LogP contribution in [0.1, 0.15) is 20.7 Å². The molecule has 5 rings (SSSR count). The Labute approximate surface area is 195 Å². The molecular weight excluding hydrogens is 436 g/mol. The van der Waals surface area contributed by atoms with Crippen LogP contribution in [0.2, 0.25) is 0 Å². The molecule has 33 heavy (non-hydrogen) atoms. The molecule has 0 radical (unpaired) electrons. The molecule has 0 aliphatic carbocycles. The molecule has 0 bridgehead atoms. The normalized spacial score (nSPS) is 13.8. The summed E-state index contributed by atoms with van der Waals surface area (Å²) in [4.78, 5) is 30.6. The standard InChI is InChI=1S/C25H22N4O3S/c30-21-10-5-4-9-19(21)24(31)27-12-14-28(15-13-27)25(32)20-17-29(18-7-2-1-3-8-18)26-23(20)22-11-6-16-33-22/h1-11,16-17,30H,12-15H2. The van der Waals surface area contributed by atoms with Crippen molar-refractivity contribution in [3.63, 3.8) is 0 Å². The molecular formula is C25H22N4O3S. The van der Waals surface area contributed by atoms with Crippen molar-refractivity contribution >= 4 is 23.2 Å². The molecule has 2 amide bonds. The van der Waals surface area contributed by atoms with E-state index in [-0.39, 0.29) is 23.1 Å². The number of benzene rings is 2. The molecule has 8 heteroatoms. The average Bonchev–Trinajstić information content (AvgIpc) is 3.54. The number of hydrogen-bond donors (Lipinski definition) is 1. The quantitative estimate of drug-likeness (QED) is 0.503. The first kappa shape index (κ1) is 21.0. The topological polar surface area (TPSA) is 78.7 Å². The number of phenolic OH excluding ortho intramolecular Hbond substituents is 1. The number of hydrogen-bond acceptors (Lipinski definition) is 5. The van der Waals surface area contributed by atoms with Gasteiger partial charge in [0.25, 0.3) is 11.8 Å². The van der Waals surface area contributed by atoms with Gasteiger partial charge in [0.05, 0.1) is 21.7 Å². The summed E-state index contributed by atoms with van der Waals surface area (Å²) in [6.07, 6.45) is 1.78. The summed E-state index contributed by atoms with van der Waals surface area (Å²) in [5.74, 6) is -0.360. The molecule has 1 saturated heterocycles. The maximum Gasteiger partial charge on any atom is 0.257 e. The molecule has 1 aliphatic heterocycles. The Morgan fingerprint density at radius 3 is 2.06 bits per heavy atom. The van der Waals surface area contributed by atoms with E-state index in [0.717, 1.165) is 10.6 Å². The fraction of sp³-hybridized carbons (Fsp3) is 0.160. The molecule has 0 spiro atoms. The number of piperazine rings is 1. The van der Waals surface area contributed by atoms with Gasteiger partial charge in [-0.2, -0.15) is 5.10 Å². The SMILES string of the molecule is O=C(c1ccccc1O)N1CCN(C(=O)c2cn(-c3ccccc3)nc2-c2cccs2)CC1. The highest BCUT2D eigenvalue weighted by Gasteiger charge is 2.29. The van der Waals surface area contributed by atoms with Gasteiger partial charge in [0.15, 0.2) is 0 Å². The number of aromatic hydroxyl groups is 1. The fourth-order valence-corrected chi connectivity index (χ4v) is 4.67. The highest BCUT2D eigenvalue weighted by molar-refractivity contribution is 7.13. The van der Waals surface area contributed by atoms with Crippen molar-refractivity contribution < 1.29 is 14.7 Å². The minimum absolute atomic E-state index is 0.0325. The van der Waals surface area contributed by atoms with Gasteiger partial charge < -0.3 is 14.9 Å². The summed E-state index contributed by atoms with van der Waals surface area (Å²) in [5, 5.41) is 16.7. The molecule has 0 unspecified atom stereocenters. The third-order valence-electron chi connectivity index (χ3n) is 5.71. The zero-order valence-corrected chi connectivity index (χ0v) is 18.6. The summed E-state index contributed by atoms with van der Waals surface area (Å²) in [6, 6.07) is 20.1. The number of amides is 2. The Balaban J connectivity index is 1.36. The highest BCUT2D eigenvalue weighted by Crippen LogP contribution is 2.29. The predicted molar refractivity (Wildman–Crippen MR) is 127 cm³/mol. The van der Waals surface area contributed by atoms with Crippen molar-refractivity contribution in [2.45, 2.75) is 0 Å². The molecule has 166 valence electrons. The second-order valence-electron chi connectivity index (χ2n) is 7.75. The van der Waals surface area contributed by atoms with E-state index in [1.165, 1.54) is 6.07 Å². The van der Waals surface area contributed by atoms with Gasteiger partial charge in [-0.25, -0.2) is 4.68 Å². The fourth-order valence-electron chi connectivity index (χ4n) is 3.95. The van der Waals surface area contributed by atoms with E-state index >= 15 is 0 Å². The summed E-state index contributed by atoms with van der Waals surface area (Å²) < 4.78 is 1.74. The van der Waals surface area contributed by atoms with Crippen LogP contribution < -0.4 is 0 Å². The van der Waals surface area contributed by atoms with Gasteiger partial charge in [0.1, 0.15) is 11.4 Å². The van der Waals surface area contributed by atoms with Gasteiger partial charge in [-0.05, 0) is 35.7 Å². The average molecular weight is 459 g/mol. The van der Waals surface area contributed by atoms with E-state index in [0.29, 0.717) is 37.4 Å². The molecule has 1 aliphatic rings. The van der Waals surface area contributed by atoms with E-state index in [2.05, 4.69) is 0 Å². The summed E-state index contributed by atoms with van der Waals surface area (Å²) in [6.45, 7) is 1.64. The zero-order chi connectivity index (χ0) is 22.8. The van der Waals surface area contributed by atoms with Crippen LogP contribution in [0.25, 0.3) is 16.3 Å². The monoisotopic (exact) mass is 458 g/mol. The van der Waals surface area contributed by atoms with E-state index in [9.17, 15) is 14.7 Å². The largest absolute Gasteiger partial charge is 0.507 e. The van der Waals surface area contributed by atoms with Gasteiger partial charge in [-0.1, -0.05) is 36.4 Å². The lowest BCUT2D eigenvalue weighted by Crippen LogP contribution is -2.50. The first-order valence-electron chi connectivity index (χ1n) is 10.7. The van der Waals surface area contributed by atoms with Crippen LogP contribution in [0, 0.1) is 0 Å². The number of rotatable bonds is 4. The van der Waals surface area contributed by atoms with Gasteiger partial charge >= 0.3 is 0 Å². The predicted octanol–water partition coefficient (Wildman–Crippen LogP) is 3.90. The minimum atomic E-state index is -0.226. The number of nitrogens with zero attached hydrogens (tertiary/aromatic N) is 4. The van der Waals surface area contributed by atoms with Gasteiger partial charge in [-0.15, -0.1) is 11.3 Å². The molecule has 1 fully saturated rings. The van der Waals surface area contributed by atoms with E-state index in [4.69, 9.17) is 5.10 Å². The third-order valence-corrected chi connectivity index (χ3v) is 6.59. The lowest BCUT2D eigenvalue weighted by atomic mass is 10.1. The van der Waals surface area contributed by atoms with Crippen LogP contribution in [0.15, 0.2) is 78.3 Å². The van der Waals surface area contributed by atoms with E-state index in [1.54, 1.807) is 50.2 Å². The Hall–Kier alpha value is -3.91. The summed E-state index contributed by atoms with van der Waals surface area (Å²) >= 11 is 1.54. The van der Waals surface area contributed by atoms with E-state index < -0.39 is 0 Å². The maximum absolute atomic E-state index is 13.5. The Morgan fingerprint density at radius 2 is 1.42 bits per heavy atom. The summed E-state index contributed by atoms with van der Waals surface area (Å²) in [5.41, 5.74) is 2.36. The lowest BCUT2D eigenvalue weighted by Gasteiger charge is -2.34. The number of aromatic nitrogens is 2. The van der Waals surface area contributed by atoms with Crippen LogP contribution >= 0.6 is 11.3 Å². The first-order valence-corrected chi connectivity index (χ1v) is 11.6. The Bertz CT molecular complexity index is 1280. The van der Waals surface area contributed by atoms with Crippen LogP contribution in [-0.4, -0.2) is 62.7 Å². The maximum atomic E-state index is 13.5. The van der Waals surface area contributed by atoms with Crippen molar-refractivity contribution in [1.29, 1.82) is 0 Å². The molecule has 0 saturated carbocycles. The van der Waals surface area contributed by atoms with E-state index in [1.807, 2.05) is 47.8 Å². The van der Waals surface area contributed by atoms with Crippen LogP contribution in [0.5, 0.6) is 5.75 Å². The lowest BCUT2D eigenvalue weighted by molar-refractivity contribution is 0.0534. The molecule has 2 aromatic heterocycles. The van der Waals surface area contributed by atoms with Crippen molar-refractivity contribution in [1.82, 2.24) is 19.6 Å². The highest BCUT2D eigenvalue weighted by atomic mass is 32.1. The summed E-state index contributed by atoms with van der Waals surface area (Å²) in [7, 11) is 0. The number of carbonyl (C=O) groups is 2. The second kappa shape index (κ2) is 8.91. The van der Waals surface area contributed by atoms with Crippen molar-refractivity contribution in [2.24, 2.45) is 0 Å². The van der Waals surface area contributed by atoms with Crippen LogP contribution in [-0.2, 0) is 0 Å². The third kappa shape index (κ3) is 4.12. The minimum Gasteiger partial charge on any atom is -0.507 e. The molecule has 1 N–H and O–H groups in total. The van der Waals surface area contributed by atoms with Gasteiger partial charge in [0.2, 0.25) is 0 Å². The second-order valence-corrected chi connectivity index (χ2v) is 8.70. The number of phenols is 1. The molecule has 4 aromatic rings. The van der Waals surface area contributed by atoms with Crippen molar-refractivity contribution in [2.75, 3.05) is 26.2 Å². The number of para-hydroxylation sites is 2.